The Morgan fingerprint density at radius 3 is 2.60 bits per heavy atom. The summed E-state index contributed by atoms with van der Waals surface area (Å²) in [6.07, 6.45) is 5.52. The fourth-order valence-electron chi connectivity index (χ4n) is 1.49. The summed E-state index contributed by atoms with van der Waals surface area (Å²) in [7, 11) is 1.96. The monoisotopic (exact) mass is 209 g/mol. The average molecular weight is 209 g/mol. The molecule has 0 bridgehead atoms. The molecule has 1 heterocycles. The highest BCUT2D eigenvalue weighted by molar-refractivity contribution is 4.98. The molecular weight excluding hydrogens is 186 g/mol. The molecule has 1 N–H and O–H groups in total. The predicted octanol–water partition coefficient (Wildman–Crippen LogP) is 2.13. The van der Waals surface area contributed by atoms with Crippen LogP contribution in [0.25, 0.3) is 0 Å². The third-order valence-electron chi connectivity index (χ3n) is 2.28. The molecule has 1 aromatic heterocycles. The highest BCUT2D eigenvalue weighted by atomic mass is 15.2. The van der Waals surface area contributed by atoms with Gasteiger partial charge in [0, 0.05) is 18.8 Å². The minimum atomic E-state index is 0.241. The zero-order chi connectivity index (χ0) is 11.3. The molecule has 0 spiro atoms. The summed E-state index contributed by atoms with van der Waals surface area (Å²) >= 11 is 0. The third-order valence-corrected chi connectivity index (χ3v) is 2.28. The van der Waals surface area contributed by atoms with E-state index in [4.69, 9.17) is 0 Å². The minimum absolute atomic E-state index is 0.241. The van der Waals surface area contributed by atoms with E-state index in [-0.39, 0.29) is 5.54 Å². The normalized spacial score (nSPS) is 12.0. The number of aromatic nitrogens is 2. The van der Waals surface area contributed by atoms with Crippen LogP contribution in [0.15, 0.2) is 12.3 Å². The SMILES string of the molecule is Cn1ccc(CCCCNC(C)(C)C)n1. The van der Waals surface area contributed by atoms with Crippen molar-refractivity contribution in [3.05, 3.63) is 18.0 Å². The van der Waals surface area contributed by atoms with Crippen LogP contribution in [0.2, 0.25) is 0 Å². The summed E-state index contributed by atoms with van der Waals surface area (Å²) in [6, 6.07) is 2.09. The molecule has 0 aromatic carbocycles. The van der Waals surface area contributed by atoms with Crippen LogP contribution in [-0.4, -0.2) is 21.9 Å². The Kier molecular flexibility index (Phi) is 4.33. The Labute approximate surface area is 92.9 Å². The van der Waals surface area contributed by atoms with Gasteiger partial charge in [0.05, 0.1) is 5.69 Å². The van der Waals surface area contributed by atoms with E-state index in [1.807, 2.05) is 17.9 Å². The summed E-state index contributed by atoms with van der Waals surface area (Å²) in [5, 5.41) is 7.84. The number of hydrogen-bond acceptors (Lipinski definition) is 2. The Morgan fingerprint density at radius 2 is 2.07 bits per heavy atom. The van der Waals surface area contributed by atoms with Crippen molar-refractivity contribution in [3.63, 3.8) is 0 Å². The topological polar surface area (TPSA) is 29.9 Å². The molecule has 0 radical (unpaired) electrons. The van der Waals surface area contributed by atoms with Gasteiger partial charge in [-0.2, -0.15) is 5.10 Å². The largest absolute Gasteiger partial charge is 0.312 e. The molecule has 0 amide bonds. The minimum Gasteiger partial charge on any atom is -0.312 e. The van der Waals surface area contributed by atoms with Gasteiger partial charge in [0.2, 0.25) is 0 Å². The van der Waals surface area contributed by atoms with Crippen LogP contribution in [0.3, 0.4) is 0 Å². The molecule has 3 heteroatoms. The Bertz CT molecular complexity index is 283. The lowest BCUT2D eigenvalue weighted by molar-refractivity contribution is 0.418. The predicted molar refractivity (Wildman–Crippen MR) is 63.9 cm³/mol. The van der Waals surface area contributed by atoms with Crippen LogP contribution < -0.4 is 5.32 Å². The molecule has 0 aliphatic heterocycles. The molecule has 86 valence electrons. The van der Waals surface area contributed by atoms with E-state index in [0.717, 1.165) is 13.0 Å². The van der Waals surface area contributed by atoms with E-state index in [1.165, 1.54) is 18.5 Å². The van der Waals surface area contributed by atoms with Crippen molar-refractivity contribution < 1.29 is 0 Å². The van der Waals surface area contributed by atoms with Crippen LogP contribution in [0, 0.1) is 0 Å². The lowest BCUT2D eigenvalue weighted by atomic mass is 10.1. The quantitative estimate of drug-likeness (QED) is 0.753. The molecule has 0 aliphatic rings. The van der Waals surface area contributed by atoms with E-state index >= 15 is 0 Å². The third kappa shape index (κ3) is 5.57. The first-order chi connectivity index (χ1) is 6.97. The second-order valence-corrected chi connectivity index (χ2v) is 5.11. The fourth-order valence-corrected chi connectivity index (χ4v) is 1.49. The number of unbranched alkanes of at least 4 members (excludes halogenated alkanes) is 1. The van der Waals surface area contributed by atoms with Crippen LogP contribution >= 0.6 is 0 Å². The molecule has 0 unspecified atom stereocenters. The Hall–Kier alpha value is -0.830. The molecule has 0 atom stereocenters. The van der Waals surface area contributed by atoms with E-state index in [1.54, 1.807) is 0 Å². The summed E-state index contributed by atoms with van der Waals surface area (Å²) < 4.78 is 1.86. The first-order valence-corrected chi connectivity index (χ1v) is 5.71. The van der Waals surface area contributed by atoms with Crippen LogP contribution in [0.5, 0.6) is 0 Å². The van der Waals surface area contributed by atoms with Crippen molar-refractivity contribution in [1.29, 1.82) is 0 Å². The molecule has 0 saturated heterocycles. The second kappa shape index (κ2) is 5.31. The van der Waals surface area contributed by atoms with E-state index in [2.05, 4.69) is 37.3 Å². The van der Waals surface area contributed by atoms with Gasteiger partial charge in [-0.1, -0.05) is 0 Å². The van der Waals surface area contributed by atoms with Crippen LogP contribution in [0.1, 0.15) is 39.3 Å². The maximum Gasteiger partial charge on any atom is 0.0624 e. The zero-order valence-corrected chi connectivity index (χ0v) is 10.4. The van der Waals surface area contributed by atoms with Crippen molar-refractivity contribution >= 4 is 0 Å². The fraction of sp³-hybridized carbons (Fsp3) is 0.750. The summed E-state index contributed by atoms with van der Waals surface area (Å²) in [6.45, 7) is 7.69. The average Bonchev–Trinajstić information content (AvgIpc) is 2.49. The van der Waals surface area contributed by atoms with Crippen LogP contribution in [-0.2, 0) is 13.5 Å². The Morgan fingerprint density at radius 1 is 1.33 bits per heavy atom. The number of hydrogen-bond donors (Lipinski definition) is 1. The van der Waals surface area contributed by atoms with Crippen molar-refractivity contribution in [3.8, 4) is 0 Å². The summed E-state index contributed by atoms with van der Waals surface area (Å²) in [5.41, 5.74) is 1.44. The van der Waals surface area contributed by atoms with E-state index in [9.17, 15) is 0 Å². The maximum atomic E-state index is 4.35. The summed E-state index contributed by atoms with van der Waals surface area (Å²) in [5.74, 6) is 0. The number of rotatable bonds is 5. The molecule has 0 saturated carbocycles. The first-order valence-electron chi connectivity index (χ1n) is 5.71. The zero-order valence-electron chi connectivity index (χ0n) is 10.4. The van der Waals surface area contributed by atoms with Gasteiger partial charge in [0.25, 0.3) is 0 Å². The molecule has 1 rings (SSSR count). The van der Waals surface area contributed by atoms with Crippen molar-refractivity contribution in [2.75, 3.05) is 6.54 Å². The highest BCUT2D eigenvalue weighted by Crippen LogP contribution is 2.03. The molecule has 1 aromatic rings. The molecular formula is C12H23N3. The van der Waals surface area contributed by atoms with Gasteiger partial charge in [-0.25, -0.2) is 0 Å². The van der Waals surface area contributed by atoms with Crippen molar-refractivity contribution in [1.82, 2.24) is 15.1 Å². The summed E-state index contributed by atoms with van der Waals surface area (Å²) in [4.78, 5) is 0. The smallest absolute Gasteiger partial charge is 0.0624 e. The second-order valence-electron chi connectivity index (χ2n) is 5.11. The molecule has 0 fully saturated rings. The molecule has 0 aliphatic carbocycles. The van der Waals surface area contributed by atoms with E-state index in [0.29, 0.717) is 0 Å². The van der Waals surface area contributed by atoms with Crippen LogP contribution in [0.4, 0.5) is 0 Å². The van der Waals surface area contributed by atoms with Gasteiger partial charge < -0.3 is 5.32 Å². The van der Waals surface area contributed by atoms with Gasteiger partial charge in [0.15, 0.2) is 0 Å². The highest BCUT2D eigenvalue weighted by Gasteiger charge is 2.07. The lowest BCUT2D eigenvalue weighted by Crippen LogP contribution is -2.36. The van der Waals surface area contributed by atoms with Gasteiger partial charge in [-0.3, -0.25) is 4.68 Å². The molecule has 3 nitrogen and oxygen atoms in total. The molecule has 15 heavy (non-hydrogen) atoms. The van der Waals surface area contributed by atoms with Gasteiger partial charge in [-0.05, 0) is 52.6 Å². The lowest BCUT2D eigenvalue weighted by Gasteiger charge is -2.20. The van der Waals surface area contributed by atoms with Gasteiger partial charge >= 0.3 is 0 Å². The number of nitrogens with one attached hydrogen (secondary N) is 1. The van der Waals surface area contributed by atoms with E-state index < -0.39 is 0 Å². The van der Waals surface area contributed by atoms with Gasteiger partial charge in [0.1, 0.15) is 0 Å². The van der Waals surface area contributed by atoms with Crippen molar-refractivity contribution in [2.45, 2.75) is 45.6 Å². The number of nitrogens with zero attached hydrogens (tertiary/aromatic N) is 2. The number of aryl methyl sites for hydroxylation is 2. The van der Waals surface area contributed by atoms with Crippen molar-refractivity contribution in [2.24, 2.45) is 7.05 Å². The standard InChI is InChI=1S/C12H23N3/c1-12(2,3)13-9-6-5-7-11-8-10-15(4)14-11/h8,10,13H,5-7,9H2,1-4H3. The Balaban J connectivity index is 2.07. The first kappa shape index (κ1) is 12.2. The maximum absolute atomic E-state index is 4.35. The van der Waals surface area contributed by atoms with Gasteiger partial charge in [-0.15, -0.1) is 0 Å².